The lowest BCUT2D eigenvalue weighted by Gasteiger charge is -2.37. The number of thioether (sulfide) groups is 1. The van der Waals surface area contributed by atoms with E-state index in [2.05, 4.69) is 28.7 Å². The Balaban J connectivity index is 1.88. The highest BCUT2D eigenvalue weighted by Gasteiger charge is 2.26. The second kappa shape index (κ2) is 6.56. The second-order valence-corrected chi connectivity index (χ2v) is 6.11. The summed E-state index contributed by atoms with van der Waals surface area (Å²) in [4.78, 5) is 2.42. The summed E-state index contributed by atoms with van der Waals surface area (Å²) < 4.78 is 1.85. The normalized spacial score (nSPS) is 23.2. The van der Waals surface area contributed by atoms with Gasteiger partial charge in [-0.15, -0.1) is 0 Å². The average molecular weight is 269 g/mol. The van der Waals surface area contributed by atoms with Gasteiger partial charge in [0.05, 0.1) is 6.20 Å². The fourth-order valence-corrected chi connectivity index (χ4v) is 3.75. The minimum absolute atomic E-state index is 0.350. The molecule has 0 amide bonds. The number of aromatic nitrogens is 2. The molecule has 2 rings (SSSR count). The number of nitrogens with one attached hydrogen (secondary N) is 1. The summed E-state index contributed by atoms with van der Waals surface area (Å²) in [6.07, 6.45) is 6.09. The Labute approximate surface area is 113 Å². The Bertz CT molecular complexity index is 367. The van der Waals surface area contributed by atoms with E-state index in [-0.39, 0.29) is 0 Å². The molecule has 2 heterocycles. The molecule has 18 heavy (non-hydrogen) atoms. The maximum absolute atomic E-state index is 5.73. The predicted octanol–water partition coefficient (Wildman–Crippen LogP) is 0.232. The van der Waals surface area contributed by atoms with E-state index in [0.29, 0.717) is 12.1 Å². The first-order valence-electron chi connectivity index (χ1n) is 6.42. The zero-order valence-corrected chi connectivity index (χ0v) is 12.0. The summed E-state index contributed by atoms with van der Waals surface area (Å²) in [5.41, 5.74) is 4.28. The zero-order chi connectivity index (χ0) is 13.0. The van der Waals surface area contributed by atoms with Crippen molar-refractivity contribution in [2.75, 3.05) is 25.1 Å². The largest absolute Gasteiger partial charge is 0.300 e. The summed E-state index contributed by atoms with van der Waals surface area (Å²) in [5.74, 6) is 8.12. The molecule has 1 aliphatic heterocycles. The third kappa shape index (κ3) is 3.47. The van der Waals surface area contributed by atoms with E-state index in [4.69, 9.17) is 5.84 Å². The van der Waals surface area contributed by atoms with E-state index in [1.807, 2.05) is 29.7 Å². The molecule has 1 aromatic rings. The number of rotatable bonds is 5. The molecule has 1 aliphatic rings. The summed E-state index contributed by atoms with van der Waals surface area (Å²) in [6, 6.07) is 0.883. The van der Waals surface area contributed by atoms with Crippen LogP contribution in [0.2, 0.25) is 0 Å². The summed E-state index contributed by atoms with van der Waals surface area (Å²) >= 11 is 2.02. The topological polar surface area (TPSA) is 59.1 Å². The quantitative estimate of drug-likeness (QED) is 0.592. The van der Waals surface area contributed by atoms with Crippen LogP contribution in [0, 0.1) is 0 Å². The molecule has 102 valence electrons. The van der Waals surface area contributed by atoms with E-state index in [1.54, 1.807) is 0 Å². The first-order chi connectivity index (χ1) is 8.70. The molecule has 1 fully saturated rings. The van der Waals surface area contributed by atoms with Crippen LogP contribution in [0.1, 0.15) is 12.0 Å². The molecule has 0 aliphatic carbocycles. The van der Waals surface area contributed by atoms with E-state index in [1.165, 1.54) is 17.1 Å². The monoisotopic (exact) mass is 269 g/mol. The van der Waals surface area contributed by atoms with Crippen LogP contribution >= 0.6 is 11.8 Å². The van der Waals surface area contributed by atoms with Gasteiger partial charge in [0.1, 0.15) is 0 Å². The molecule has 0 bridgehead atoms. The van der Waals surface area contributed by atoms with E-state index < -0.39 is 0 Å². The van der Waals surface area contributed by atoms with Crippen molar-refractivity contribution in [1.29, 1.82) is 0 Å². The molecular formula is C12H23N5S. The molecule has 0 spiro atoms. The van der Waals surface area contributed by atoms with Crippen LogP contribution in [-0.2, 0) is 13.5 Å². The fourth-order valence-electron chi connectivity index (χ4n) is 2.44. The first-order valence-corrected chi connectivity index (χ1v) is 7.58. The Morgan fingerprint density at radius 1 is 1.61 bits per heavy atom. The van der Waals surface area contributed by atoms with Gasteiger partial charge in [-0.1, -0.05) is 0 Å². The van der Waals surface area contributed by atoms with Gasteiger partial charge in [-0.05, 0) is 25.5 Å². The van der Waals surface area contributed by atoms with E-state index in [0.717, 1.165) is 19.4 Å². The average Bonchev–Trinajstić information content (AvgIpc) is 2.78. The van der Waals surface area contributed by atoms with Crippen molar-refractivity contribution in [1.82, 2.24) is 20.1 Å². The number of nitrogens with zero attached hydrogens (tertiary/aromatic N) is 3. The fraction of sp³-hybridized carbons (Fsp3) is 0.750. The Morgan fingerprint density at radius 3 is 3.06 bits per heavy atom. The Morgan fingerprint density at radius 2 is 2.44 bits per heavy atom. The van der Waals surface area contributed by atoms with Crippen molar-refractivity contribution >= 4 is 11.8 Å². The van der Waals surface area contributed by atoms with Crippen LogP contribution in [0.5, 0.6) is 0 Å². The molecule has 6 heteroatoms. The Kier molecular flexibility index (Phi) is 5.05. The number of hydrazine groups is 1. The van der Waals surface area contributed by atoms with Crippen LogP contribution in [0.3, 0.4) is 0 Å². The van der Waals surface area contributed by atoms with Gasteiger partial charge in [-0.3, -0.25) is 16.0 Å². The van der Waals surface area contributed by atoms with E-state index in [9.17, 15) is 0 Å². The molecule has 2 unspecified atom stereocenters. The smallest absolute Gasteiger partial charge is 0.0521 e. The minimum Gasteiger partial charge on any atom is -0.300 e. The minimum atomic E-state index is 0.350. The van der Waals surface area contributed by atoms with Crippen LogP contribution in [0.4, 0.5) is 0 Å². The first kappa shape index (κ1) is 13.9. The molecule has 3 N–H and O–H groups in total. The van der Waals surface area contributed by atoms with Crippen molar-refractivity contribution in [2.45, 2.75) is 24.9 Å². The maximum atomic E-state index is 5.73. The highest BCUT2D eigenvalue weighted by molar-refractivity contribution is 7.99. The third-order valence-corrected chi connectivity index (χ3v) is 4.67. The van der Waals surface area contributed by atoms with Gasteiger partial charge >= 0.3 is 0 Å². The van der Waals surface area contributed by atoms with Crippen LogP contribution < -0.4 is 11.3 Å². The van der Waals surface area contributed by atoms with Crippen molar-refractivity contribution in [2.24, 2.45) is 12.9 Å². The Hall–Kier alpha value is -0.560. The van der Waals surface area contributed by atoms with Gasteiger partial charge < -0.3 is 4.90 Å². The SMILES string of the molecule is CN1CCSCC1C(CCc1cnn(C)c1)NN. The second-order valence-electron chi connectivity index (χ2n) is 4.96. The molecule has 0 saturated carbocycles. The standard InChI is InChI=1S/C12H23N5S/c1-16-5-6-18-9-12(16)11(15-13)4-3-10-7-14-17(2)8-10/h7-8,11-12,15H,3-6,9,13H2,1-2H3. The molecule has 0 aromatic carbocycles. The number of likely N-dealkylation sites (N-methyl/N-ethyl adjacent to an activating group) is 1. The van der Waals surface area contributed by atoms with Crippen LogP contribution in [-0.4, -0.2) is 51.9 Å². The number of aryl methyl sites for hydroxylation is 2. The predicted molar refractivity (Wildman–Crippen MR) is 76.4 cm³/mol. The highest BCUT2D eigenvalue weighted by Crippen LogP contribution is 2.19. The van der Waals surface area contributed by atoms with E-state index >= 15 is 0 Å². The lowest BCUT2D eigenvalue weighted by Crippen LogP contribution is -2.54. The number of hydrogen-bond acceptors (Lipinski definition) is 5. The maximum Gasteiger partial charge on any atom is 0.0521 e. The highest BCUT2D eigenvalue weighted by atomic mass is 32.2. The molecular weight excluding hydrogens is 246 g/mol. The van der Waals surface area contributed by atoms with Crippen LogP contribution in [0.15, 0.2) is 12.4 Å². The van der Waals surface area contributed by atoms with Gasteiger partial charge in [0.25, 0.3) is 0 Å². The van der Waals surface area contributed by atoms with Gasteiger partial charge in [0.2, 0.25) is 0 Å². The number of nitrogens with two attached hydrogens (primary N) is 1. The van der Waals surface area contributed by atoms with Gasteiger partial charge in [0.15, 0.2) is 0 Å². The van der Waals surface area contributed by atoms with Gasteiger partial charge in [0, 0.05) is 43.4 Å². The van der Waals surface area contributed by atoms with Gasteiger partial charge in [-0.2, -0.15) is 16.9 Å². The molecule has 0 radical (unpaired) electrons. The lowest BCUT2D eigenvalue weighted by atomic mass is 10.0. The number of hydrogen-bond donors (Lipinski definition) is 2. The van der Waals surface area contributed by atoms with Crippen LogP contribution in [0.25, 0.3) is 0 Å². The van der Waals surface area contributed by atoms with Crippen molar-refractivity contribution in [3.05, 3.63) is 18.0 Å². The van der Waals surface area contributed by atoms with Gasteiger partial charge in [-0.25, -0.2) is 0 Å². The third-order valence-electron chi connectivity index (χ3n) is 3.62. The summed E-state index contributed by atoms with van der Waals surface area (Å²) in [7, 11) is 4.15. The van der Waals surface area contributed by atoms with Crippen molar-refractivity contribution in [3.8, 4) is 0 Å². The summed E-state index contributed by atoms with van der Waals surface area (Å²) in [5, 5.41) is 4.20. The summed E-state index contributed by atoms with van der Waals surface area (Å²) in [6.45, 7) is 1.15. The van der Waals surface area contributed by atoms with Crippen molar-refractivity contribution < 1.29 is 0 Å². The molecule has 1 aromatic heterocycles. The van der Waals surface area contributed by atoms with Crippen molar-refractivity contribution in [3.63, 3.8) is 0 Å². The zero-order valence-electron chi connectivity index (χ0n) is 11.2. The lowest BCUT2D eigenvalue weighted by molar-refractivity contribution is 0.209. The molecule has 2 atom stereocenters. The molecule has 5 nitrogen and oxygen atoms in total. The molecule has 1 saturated heterocycles.